The van der Waals surface area contributed by atoms with Gasteiger partial charge in [0.05, 0.1) is 11.8 Å². The Bertz CT molecular complexity index is 841. The molecule has 0 aliphatic heterocycles. The van der Waals surface area contributed by atoms with Gasteiger partial charge >= 0.3 is 0 Å². The second-order valence-electron chi connectivity index (χ2n) is 10.8. The lowest BCUT2D eigenvalue weighted by Gasteiger charge is -2.28. The molecule has 0 radical (unpaired) electrons. The number of ether oxygens (including phenoxy) is 1. The Morgan fingerprint density at radius 3 is 2.26 bits per heavy atom. The van der Waals surface area contributed by atoms with Gasteiger partial charge in [0.15, 0.2) is 0 Å². The van der Waals surface area contributed by atoms with Crippen molar-refractivity contribution in [1.82, 2.24) is 4.98 Å². The average molecular weight is 482 g/mol. The van der Waals surface area contributed by atoms with Crippen molar-refractivity contribution in [3.63, 3.8) is 0 Å². The molecule has 3 rings (SSSR count). The highest BCUT2D eigenvalue weighted by Crippen LogP contribution is 2.38. The van der Waals surface area contributed by atoms with Gasteiger partial charge < -0.3 is 4.74 Å². The molecule has 0 amide bonds. The Hall–Kier alpha value is -1.90. The van der Waals surface area contributed by atoms with Crippen molar-refractivity contribution in [3.05, 3.63) is 47.9 Å². The standard InChI is InChI=1S/C32H48FNO/c1-4-6-8-10-12-14-26-15-17-27(18-16-26)28-19-22-32(34-24-28)30-21-20-29(23-31(30)33)35-25(3)13-11-9-7-5-2/h19-27H,4-18H2,1-3H3/t25-,26-,27-/m0/s1. The first kappa shape index (κ1) is 27.7. The van der Waals surface area contributed by atoms with E-state index in [0.717, 1.165) is 18.8 Å². The van der Waals surface area contributed by atoms with Gasteiger partial charge in [0.25, 0.3) is 0 Å². The second kappa shape index (κ2) is 15.3. The Morgan fingerprint density at radius 1 is 0.886 bits per heavy atom. The van der Waals surface area contributed by atoms with E-state index in [9.17, 15) is 4.39 Å². The largest absolute Gasteiger partial charge is 0.491 e. The number of rotatable bonds is 15. The molecule has 1 fully saturated rings. The van der Waals surface area contributed by atoms with Crippen molar-refractivity contribution < 1.29 is 9.13 Å². The summed E-state index contributed by atoms with van der Waals surface area (Å²) in [5.74, 6) is 1.86. The van der Waals surface area contributed by atoms with Gasteiger partial charge in [-0.15, -0.1) is 0 Å². The molecule has 1 heterocycles. The smallest absolute Gasteiger partial charge is 0.136 e. The molecule has 1 aromatic heterocycles. The van der Waals surface area contributed by atoms with Gasteiger partial charge in [-0.25, -0.2) is 4.39 Å². The van der Waals surface area contributed by atoms with Crippen LogP contribution in [-0.4, -0.2) is 11.1 Å². The van der Waals surface area contributed by atoms with Gasteiger partial charge in [-0.2, -0.15) is 0 Å². The molecule has 35 heavy (non-hydrogen) atoms. The van der Waals surface area contributed by atoms with Crippen molar-refractivity contribution in [2.45, 2.75) is 129 Å². The van der Waals surface area contributed by atoms with Gasteiger partial charge in [0, 0.05) is 17.8 Å². The molecule has 0 saturated heterocycles. The SMILES string of the molecule is CCCCCCC[C@H]1CC[C@H](c2ccc(-c3ccc(O[C@@H](C)CCCCCC)cc3F)nc2)CC1. The van der Waals surface area contributed by atoms with Crippen LogP contribution in [0.25, 0.3) is 11.3 Å². The number of hydrogen-bond donors (Lipinski definition) is 0. The van der Waals surface area contributed by atoms with E-state index < -0.39 is 0 Å². The summed E-state index contributed by atoms with van der Waals surface area (Å²) >= 11 is 0. The fourth-order valence-corrected chi connectivity index (χ4v) is 5.55. The van der Waals surface area contributed by atoms with Crippen LogP contribution >= 0.6 is 0 Å². The first-order chi connectivity index (χ1) is 17.1. The van der Waals surface area contributed by atoms with Crippen LogP contribution in [0.1, 0.15) is 129 Å². The molecule has 0 spiro atoms. The summed E-state index contributed by atoms with van der Waals surface area (Å²) in [5.41, 5.74) is 2.56. The fraction of sp³-hybridized carbons (Fsp3) is 0.656. The minimum absolute atomic E-state index is 0.102. The quantitative estimate of drug-likeness (QED) is 0.236. The van der Waals surface area contributed by atoms with E-state index in [4.69, 9.17) is 4.74 Å². The number of pyridine rings is 1. The minimum Gasteiger partial charge on any atom is -0.491 e. The summed E-state index contributed by atoms with van der Waals surface area (Å²) in [6.07, 6.45) is 21.5. The average Bonchev–Trinajstić information content (AvgIpc) is 2.87. The molecular weight excluding hydrogens is 433 g/mol. The zero-order valence-corrected chi connectivity index (χ0v) is 22.5. The lowest BCUT2D eigenvalue weighted by atomic mass is 9.77. The van der Waals surface area contributed by atoms with Crippen LogP contribution in [0, 0.1) is 11.7 Å². The molecule has 2 aromatic rings. The third kappa shape index (κ3) is 9.24. The fourth-order valence-electron chi connectivity index (χ4n) is 5.55. The van der Waals surface area contributed by atoms with Crippen molar-refractivity contribution in [2.24, 2.45) is 5.92 Å². The van der Waals surface area contributed by atoms with Crippen molar-refractivity contribution >= 4 is 0 Å². The zero-order valence-electron chi connectivity index (χ0n) is 22.5. The predicted octanol–water partition coefficient (Wildman–Crippen LogP) is 10.3. The molecule has 0 unspecified atom stereocenters. The predicted molar refractivity (Wildman–Crippen MR) is 147 cm³/mol. The van der Waals surface area contributed by atoms with Crippen molar-refractivity contribution in [1.29, 1.82) is 0 Å². The third-order valence-corrected chi connectivity index (χ3v) is 7.84. The summed E-state index contributed by atoms with van der Waals surface area (Å²) in [6, 6.07) is 9.35. The third-order valence-electron chi connectivity index (χ3n) is 7.84. The summed E-state index contributed by atoms with van der Waals surface area (Å²) in [6.45, 7) is 6.57. The van der Waals surface area contributed by atoms with Crippen LogP contribution in [0.2, 0.25) is 0 Å². The molecule has 1 atom stereocenters. The Labute approximate surface area is 214 Å². The maximum Gasteiger partial charge on any atom is 0.136 e. The number of benzene rings is 1. The van der Waals surface area contributed by atoms with E-state index in [-0.39, 0.29) is 11.9 Å². The molecule has 194 valence electrons. The topological polar surface area (TPSA) is 22.1 Å². The first-order valence-electron chi connectivity index (χ1n) is 14.5. The van der Waals surface area contributed by atoms with Crippen LogP contribution in [0.3, 0.4) is 0 Å². The van der Waals surface area contributed by atoms with E-state index in [1.54, 1.807) is 0 Å². The lowest BCUT2D eigenvalue weighted by Crippen LogP contribution is -2.13. The van der Waals surface area contributed by atoms with E-state index in [2.05, 4.69) is 31.8 Å². The maximum atomic E-state index is 14.9. The van der Waals surface area contributed by atoms with Crippen molar-refractivity contribution in [2.75, 3.05) is 0 Å². The van der Waals surface area contributed by atoms with Gasteiger partial charge in [-0.1, -0.05) is 77.7 Å². The minimum atomic E-state index is -0.264. The Kier molecular flexibility index (Phi) is 12.1. The highest BCUT2D eigenvalue weighted by molar-refractivity contribution is 5.61. The van der Waals surface area contributed by atoms with E-state index in [0.29, 0.717) is 22.9 Å². The monoisotopic (exact) mass is 481 g/mol. The van der Waals surface area contributed by atoms with Crippen LogP contribution in [0.5, 0.6) is 5.75 Å². The molecule has 1 aliphatic rings. The van der Waals surface area contributed by atoms with Crippen LogP contribution < -0.4 is 4.74 Å². The highest BCUT2D eigenvalue weighted by atomic mass is 19.1. The molecule has 1 saturated carbocycles. The summed E-state index contributed by atoms with van der Waals surface area (Å²) in [5, 5.41) is 0. The second-order valence-corrected chi connectivity index (χ2v) is 10.8. The summed E-state index contributed by atoms with van der Waals surface area (Å²) < 4.78 is 20.8. The number of hydrogen-bond acceptors (Lipinski definition) is 2. The van der Waals surface area contributed by atoms with E-state index >= 15 is 0 Å². The first-order valence-corrected chi connectivity index (χ1v) is 14.5. The number of nitrogens with zero attached hydrogens (tertiary/aromatic N) is 1. The maximum absolute atomic E-state index is 14.9. The highest BCUT2D eigenvalue weighted by Gasteiger charge is 2.22. The molecule has 1 aliphatic carbocycles. The van der Waals surface area contributed by atoms with Gasteiger partial charge in [-0.05, 0) is 81.0 Å². The van der Waals surface area contributed by atoms with Crippen LogP contribution in [-0.2, 0) is 0 Å². The van der Waals surface area contributed by atoms with Gasteiger partial charge in [-0.3, -0.25) is 4.98 Å². The number of unbranched alkanes of at least 4 members (excludes halogenated alkanes) is 7. The Balaban J connectivity index is 1.47. The summed E-state index contributed by atoms with van der Waals surface area (Å²) in [7, 11) is 0. The van der Waals surface area contributed by atoms with Gasteiger partial charge in [0.1, 0.15) is 11.6 Å². The van der Waals surface area contributed by atoms with E-state index in [1.807, 2.05) is 24.4 Å². The molecule has 1 aromatic carbocycles. The van der Waals surface area contributed by atoms with E-state index in [1.165, 1.54) is 95.1 Å². The van der Waals surface area contributed by atoms with Gasteiger partial charge in [0.2, 0.25) is 0 Å². The van der Waals surface area contributed by atoms with Crippen LogP contribution in [0.4, 0.5) is 4.39 Å². The number of aromatic nitrogens is 1. The van der Waals surface area contributed by atoms with Crippen molar-refractivity contribution in [3.8, 4) is 17.0 Å². The molecule has 0 bridgehead atoms. The summed E-state index contributed by atoms with van der Waals surface area (Å²) in [4.78, 5) is 4.65. The Morgan fingerprint density at radius 2 is 1.60 bits per heavy atom. The molecule has 3 heteroatoms. The number of halogens is 1. The molecule has 2 nitrogen and oxygen atoms in total. The zero-order chi connectivity index (χ0) is 24.9. The lowest BCUT2D eigenvalue weighted by molar-refractivity contribution is 0.205. The molecular formula is C32H48FNO. The normalized spacial score (nSPS) is 19.0. The van der Waals surface area contributed by atoms with Crippen LogP contribution in [0.15, 0.2) is 36.5 Å². The molecule has 0 N–H and O–H groups in total.